The van der Waals surface area contributed by atoms with Gasteiger partial charge in [-0.25, -0.2) is 0 Å². The molecule has 1 aliphatic heterocycles. The Labute approximate surface area is 206 Å². The number of hydrogen-bond donors (Lipinski definition) is 2. The normalized spacial score (nSPS) is 18.8. The summed E-state index contributed by atoms with van der Waals surface area (Å²) in [6, 6.07) is 7.62. The van der Waals surface area contributed by atoms with Gasteiger partial charge in [-0.1, -0.05) is 39.3 Å². The molecule has 3 atom stereocenters. The first-order chi connectivity index (χ1) is 15.3. The van der Waals surface area contributed by atoms with Gasteiger partial charge in [0.25, 0.3) is 0 Å². The van der Waals surface area contributed by atoms with E-state index in [9.17, 15) is 14.4 Å². The molecule has 178 valence electrons. The maximum atomic E-state index is 13.4. The molecule has 1 aliphatic rings. The van der Waals surface area contributed by atoms with E-state index in [2.05, 4.69) is 53.1 Å². The summed E-state index contributed by atoms with van der Waals surface area (Å²) in [5.41, 5.74) is 1.09. The Morgan fingerprint density at radius 3 is 2.56 bits per heavy atom. The molecule has 1 aromatic carbocycles. The molecule has 1 saturated heterocycles. The van der Waals surface area contributed by atoms with Crippen LogP contribution in [0.25, 0.3) is 0 Å². The van der Waals surface area contributed by atoms with Crippen LogP contribution < -0.4 is 10.6 Å². The van der Waals surface area contributed by atoms with Gasteiger partial charge in [0.1, 0.15) is 6.04 Å². The van der Waals surface area contributed by atoms with E-state index in [1.54, 1.807) is 7.05 Å². The molecule has 2 rings (SSSR count). The minimum atomic E-state index is -0.533. The van der Waals surface area contributed by atoms with E-state index in [1.807, 2.05) is 30.0 Å². The number of halogens is 1. The summed E-state index contributed by atoms with van der Waals surface area (Å²) in [6.45, 7) is 7.40. The van der Waals surface area contributed by atoms with Gasteiger partial charge in [-0.3, -0.25) is 14.4 Å². The second kappa shape index (κ2) is 13.2. The van der Waals surface area contributed by atoms with E-state index < -0.39 is 12.0 Å². The van der Waals surface area contributed by atoms with E-state index in [0.717, 1.165) is 28.4 Å². The van der Waals surface area contributed by atoms with Crippen LogP contribution in [0, 0.1) is 21.3 Å². The first-order valence-electron chi connectivity index (χ1n) is 11.8. The number of carbonyl (C=O) groups is 3. The second-order valence-electron chi connectivity index (χ2n) is 9.19. The zero-order valence-electron chi connectivity index (χ0n) is 19.8. The molecule has 7 heteroatoms. The van der Waals surface area contributed by atoms with Crippen LogP contribution >= 0.6 is 22.6 Å². The lowest BCUT2D eigenvalue weighted by atomic mass is 9.81. The van der Waals surface area contributed by atoms with Gasteiger partial charge in [-0.2, -0.15) is 0 Å². The van der Waals surface area contributed by atoms with E-state index in [1.165, 1.54) is 0 Å². The van der Waals surface area contributed by atoms with Gasteiger partial charge in [-0.15, -0.1) is 0 Å². The van der Waals surface area contributed by atoms with Crippen molar-refractivity contribution < 1.29 is 14.4 Å². The molecule has 0 aromatic heterocycles. The van der Waals surface area contributed by atoms with Crippen LogP contribution in [0.2, 0.25) is 0 Å². The maximum absolute atomic E-state index is 13.4. The summed E-state index contributed by atoms with van der Waals surface area (Å²) in [5.74, 6) is -0.831. The Hall–Kier alpha value is -1.64. The van der Waals surface area contributed by atoms with Gasteiger partial charge < -0.3 is 15.5 Å². The van der Waals surface area contributed by atoms with Crippen molar-refractivity contribution in [3.63, 3.8) is 0 Å². The summed E-state index contributed by atoms with van der Waals surface area (Å²) in [7, 11) is 1.62. The first-order valence-corrected chi connectivity index (χ1v) is 12.9. The predicted molar refractivity (Wildman–Crippen MR) is 136 cm³/mol. The fourth-order valence-electron chi connectivity index (χ4n) is 4.50. The van der Waals surface area contributed by atoms with Crippen LogP contribution in [-0.2, 0) is 20.9 Å². The topological polar surface area (TPSA) is 78.5 Å². The number of carbonyl (C=O) groups excluding carboxylic acids is 3. The van der Waals surface area contributed by atoms with Crippen LogP contribution in [0.1, 0.15) is 64.9 Å². The molecule has 2 N–H and O–H groups in total. The lowest BCUT2D eigenvalue weighted by Crippen LogP contribution is -2.51. The van der Waals surface area contributed by atoms with Crippen LogP contribution in [-0.4, -0.2) is 42.3 Å². The van der Waals surface area contributed by atoms with Crippen molar-refractivity contribution in [3.05, 3.63) is 33.4 Å². The van der Waals surface area contributed by atoms with Gasteiger partial charge in [0.2, 0.25) is 17.7 Å². The molecular weight excluding hydrogens is 517 g/mol. The van der Waals surface area contributed by atoms with Gasteiger partial charge in [-0.05, 0) is 78.3 Å². The van der Waals surface area contributed by atoms with Gasteiger partial charge in [0, 0.05) is 35.5 Å². The van der Waals surface area contributed by atoms with Crippen molar-refractivity contribution >= 4 is 40.3 Å². The third kappa shape index (κ3) is 7.74. The van der Waals surface area contributed by atoms with Crippen LogP contribution in [0.3, 0.4) is 0 Å². The van der Waals surface area contributed by atoms with Crippen LogP contribution in [0.15, 0.2) is 24.3 Å². The van der Waals surface area contributed by atoms with Crippen molar-refractivity contribution in [2.45, 2.75) is 71.9 Å². The van der Waals surface area contributed by atoms with E-state index in [4.69, 9.17) is 0 Å². The monoisotopic (exact) mass is 555 g/mol. The number of hydrogen-bond acceptors (Lipinski definition) is 3. The van der Waals surface area contributed by atoms with E-state index >= 15 is 0 Å². The molecule has 0 radical (unpaired) electrons. The Morgan fingerprint density at radius 2 is 1.94 bits per heavy atom. The minimum absolute atomic E-state index is 0.0232. The quantitative estimate of drug-likeness (QED) is 0.427. The minimum Gasteiger partial charge on any atom is -0.359 e. The molecule has 3 amide bonds. The number of nitrogens with zero attached hydrogens (tertiary/aromatic N) is 1. The smallest absolute Gasteiger partial charge is 0.245 e. The number of rotatable bonds is 10. The summed E-state index contributed by atoms with van der Waals surface area (Å²) >= 11 is 2.28. The number of likely N-dealkylation sites (tertiary alicyclic amines) is 1. The molecule has 32 heavy (non-hydrogen) atoms. The highest BCUT2D eigenvalue weighted by Gasteiger charge is 2.36. The van der Waals surface area contributed by atoms with E-state index in [0.29, 0.717) is 32.4 Å². The Kier molecular flexibility index (Phi) is 10.9. The molecule has 0 saturated carbocycles. The average molecular weight is 556 g/mol. The molecule has 1 aromatic rings. The van der Waals surface area contributed by atoms with Gasteiger partial charge in [0.05, 0.1) is 0 Å². The fraction of sp³-hybridized carbons (Fsp3) is 0.640. The SMILES string of the molecule is CCCC(C(=O)NC)C(CC(C)C)C(=O)NC1CCCCN(Cc2cccc(I)c2)C1=O. The van der Waals surface area contributed by atoms with E-state index in [-0.39, 0.29) is 29.6 Å². The van der Waals surface area contributed by atoms with Gasteiger partial charge in [0.15, 0.2) is 0 Å². The van der Waals surface area contributed by atoms with Crippen LogP contribution in [0.4, 0.5) is 0 Å². The molecule has 0 aliphatic carbocycles. The second-order valence-corrected chi connectivity index (χ2v) is 10.4. The molecular formula is C25H38IN3O3. The highest BCUT2D eigenvalue weighted by Crippen LogP contribution is 2.26. The van der Waals surface area contributed by atoms with Crippen molar-refractivity contribution in [3.8, 4) is 0 Å². The molecule has 1 heterocycles. The molecule has 6 nitrogen and oxygen atoms in total. The molecule has 3 unspecified atom stereocenters. The molecule has 0 bridgehead atoms. The number of benzene rings is 1. The third-order valence-electron chi connectivity index (χ3n) is 6.09. The predicted octanol–water partition coefficient (Wildman–Crippen LogP) is 4.11. The first kappa shape index (κ1) is 26.6. The van der Waals surface area contributed by atoms with Crippen molar-refractivity contribution in [1.82, 2.24) is 15.5 Å². The highest BCUT2D eigenvalue weighted by atomic mass is 127. The Balaban J connectivity index is 2.17. The summed E-state index contributed by atoms with van der Waals surface area (Å²) < 4.78 is 1.14. The van der Waals surface area contributed by atoms with Crippen LogP contribution in [0.5, 0.6) is 0 Å². The highest BCUT2D eigenvalue weighted by molar-refractivity contribution is 14.1. The summed E-state index contributed by atoms with van der Waals surface area (Å²) in [6.07, 6.45) is 4.56. The van der Waals surface area contributed by atoms with Crippen molar-refractivity contribution in [1.29, 1.82) is 0 Å². The molecule has 1 fully saturated rings. The largest absolute Gasteiger partial charge is 0.359 e. The maximum Gasteiger partial charge on any atom is 0.245 e. The standard InChI is InChI=1S/C25H38IN3O3/c1-5-9-20(23(30)27-4)21(14-17(2)3)24(31)28-22-12-6-7-13-29(25(22)32)16-18-10-8-11-19(26)15-18/h8,10-11,15,17,20-22H,5-7,9,12-14,16H2,1-4H3,(H,27,30)(H,28,31). The molecule has 0 spiro atoms. The summed E-state index contributed by atoms with van der Waals surface area (Å²) in [4.78, 5) is 41.1. The van der Waals surface area contributed by atoms with Crippen molar-refractivity contribution in [2.75, 3.05) is 13.6 Å². The zero-order valence-corrected chi connectivity index (χ0v) is 22.0. The lowest BCUT2D eigenvalue weighted by molar-refractivity contribution is -0.140. The number of nitrogens with one attached hydrogen (secondary N) is 2. The van der Waals surface area contributed by atoms with Crippen molar-refractivity contribution in [2.24, 2.45) is 17.8 Å². The Bertz CT molecular complexity index is 783. The summed E-state index contributed by atoms with van der Waals surface area (Å²) in [5, 5.41) is 5.77. The average Bonchev–Trinajstić information content (AvgIpc) is 2.91. The zero-order chi connectivity index (χ0) is 23.7. The Morgan fingerprint density at radius 1 is 1.19 bits per heavy atom. The number of amides is 3. The lowest BCUT2D eigenvalue weighted by Gasteiger charge is -2.29. The van der Waals surface area contributed by atoms with Gasteiger partial charge >= 0.3 is 0 Å². The third-order valence-corrected chi connectivity index (χ3v) is 6.76. The fourth-order valence-corrected chi connectivity index (χ4v) is 5.11.